The molecule has 2 aromatic carbocycles. The monoisotopic (exact) mass is 370 g/mol. The normalized spacial score (nSPS) is 10.6. The molecule has 0 amide bonds. The van der Waals surface area contributed by atoms with E-state index in [0.29, 0.717) is 34.3 Å². The molecule has 6 heteroatoms. The van der Waals surface area contributed by atoms with Crippen molar-refractivity contribution in [1.29, 1.82) is 0 Å². The Labute approximate surface area is 156 Å². The average molecular weight is 371 g/mol. The third kappa shape index (κ3) is 3.73. The number of halogens is 1. The Kier molecular flexibility index (Phi) is 5.58. The predicted octanol–water partition coefficient (Wildman–Crippen LogP) is 5.21. The first-order chi connectivity index (χ1) is 12.6. The van der Waals surface area contributed by atoms with E-state index in [1.807, 2.05) is 43.3 Å². The summed E-state index contributed by atoms with van der Waals surface area (Å²) >= 11 is 6.28. The zero-order valence-electron chi connectivity index (χ0n) is 14.6. The number of nitrogens with zero attached hydrogens (tertiary/aromatic N) is 1. The van der Waals surface area contributed by atoms with Crippen molar-refractivity contribution in [3.63, 3.8) is 0 Å². The summed E-state index contributed by atoms with van der Waals surface area (Å²) in [5.74, 6) is 0.253. The number of rotatable bonds is 6. The Hall–Kier alpha value is -2.79. The van der Waals surface area contributed by atoms with Crippen LogP contribution in [0.15, 0.2) is 48.7 Å². The van der Waals surface area contributed by atoms with Gasteiger partial charge < -0.3 is 14.8 Å². The molecule has 1 heterocycles. The molecule has 0 atom stereocenters. The van der Waals surface area contributed by atoms with Crippen molar-refractivity contribution in [2.45, 2.75) is 13.8 Å². The number of fused-ring (bicyclic) bond motifs is 1. The maximum absolute atomic E-state index is 12.4. The molecule has 0 spiro atoms. The molecule has 0 fully saturated rings. The van der Waals surface area contributed by atoms with Crippen LogP contribution in [-0.4, -0.2) is 24.2 Å². The van der Waals surface area contributed by atoms with Gasteiger partial charge in [-0.15, -0.1) is 0 Å². The van der Waals surface area contributed by atoms with Gasteiger partial charge in [0.2, 0.25) is 0 Å². The number of ether oxygens (including phenoxy) is 2. The largest absolute Gasteiger partial charge is 0.494 e. The molecule has 0 saturated carbocycles. The topological polar surface area (TPSA) is 60.5 Å². The second-order valence-corrected chi connectivity index (χ2v) is 5.89. The molecule has 0 aliphatic rings. The summed E-state index contributed by atoms with van der Waals surface area (Å²) in [6.07, 6.45) is 1.51. The fourth-order valence-corrected chi connectivity index (χ4v) is 2.81. The number of aromatic nitrogens is 1. The van der Waals surface area contributed by atoms with E-state index in [1.54, 1.807) is 13.0 Å². The van der Waals surface area contributed by atoms with Crippen molar-refractivity contribution in [2.24, 2.45) is 0 Å². The Morgan fingerprint density at radius 1 is 1.15 bits per heavy atom. The van der Waals surface area contributed by atoms with Crippen LogP contribution in [-0.2, 0) is 4.74 Å². The van der Waals surface area contributed by atoms with Gasteiger partial charge in [0.1, 0.15) is 11.3 Å². The number of pyridine rings is 1. The fraction of sp³-hybridized carbons (Fsp3) is 0.200. The number of esters is 1. The van der Waals surface area contributed by atoms with Gasteiger partial charge in [0.05, 0.1) is 35.1 Å². The maximum Gasteiger partial charge on any atom is 0.341 e. The number of nitrogens with one attached hydrogen (secondary N) is 1. The predicted molar refractivity (Wildman–Crippen MR) is 104 cm³/mol. The van der Waals surface area contributed by atoms with Gasteiger partial charge in [0, 0.05) is 11.6 Å². The van der Waals surface area contributed by atoms with Crippen molar-refractivity contribution in [2.75, 3.05) is 18.5 Å². The number of carbonyl (C=O) groups is 1. The lowest BCUT2D eigenvalue weighted by molar-refractivity contribution is 0.0527. The van der Waals surface area contributed by atoms with Crippen molar-refractivity contribution >= 4 is 39.8 Å². The van der Waals surface area contributed by atoms with Crippen LogP contribution in [0.3, 0.4) is 0 Å². The van der Waals surface area contributed by atoms with E-state index in [0.717, 1.165) is 10.9 Å². The van der Waals surface area contributed by atoms with Gasteiger partial charge in [0.25, 0.3) is 0 Å². The van der Waals surface area contributed by atoms with Crippen LogP contribution in [0.4, 0.5) is 11.4 Å². The number of para-hydroxylation sites is 1. The quantitative estimate of drug-likeness (QED) is 0.604. The Bertz CT molecular complexity index is 943. The number of carbonyl (C=O) groups excluding carboxylic acids is 1. The molecule has 0 saturated heterocycles. The molecule has 134 valence electrons. The number of anilines is 2. The molecular weight excluding hydrogens is 352 g/mol. The highest BCUT2D eigenvalue weighted by Crippen LogP contribution is 2.34. The highest BCUT2D eigenvalue weighted by molar-refractivity contribution is 6.33. The molecule has 26 heavy (non-hydrogen) atoms. The van der Waals surface area contributed by atoms with Gasteiger partial charge >= 0.3 is 5.97 Å². The zero-order chi connectivity index (χ0) is 18.5. The van der Waals surface area contributed by atoms with Crippen LogP contribution < -0.4 is 10.1 Å². The minimum atomic E-state index is -0.446. The first kappa shape index (κ1) is 18.0. The smallest absolute Gasteiger partial charge is 0.341 e. The Morgan fingerprint density at radius 2 is 1.96 bits per heavy atom. The number of benzene rings is 2. The summed E-state index contributed by atoms with van der Waals surface area (Å²) in [5, 5.41) is 4.56. The second kappa shape index (κ2) is 8.06. The number of hydrogen-bond donors (Lipinski definition) is 1. The minimum Gasteiger partial charge on any atom is -0.494 e. The van der Waals surface area contributed by atoms with Gasteiger partial charge in [-0.05, 0) is 44.2 Å². The third-order valence-corrected chi connectivity index (χ3v) is 4.11. The molecule has 1 aromatic heterocycles. The van der Waals surface area contributed by atoms with Crippen LogP contribution >= 0.6 is 11.6 Å². The van der Waals surface area contributed by atoms with Gasteiger partial charge in [0.15, 0.2) is 0 Å². The SMILES string of the molecule is CCOC(=O)c1cnc2ccc(OCC)cc2c1Nc1ccccc1Cl. The average Bonchev–Trinajstić information content (AvgIpc) is 2.64. The molecule has 5 nitrogen and oxygen atoms in total. The standard InChI is InChI=1S/C20H19ClN2O3/c1-3-25-13-9-10-17-14(11-13)19(15(12-22-17)20(24)26-4-2)23-18-8-6-5-7-16(18)21/h5-12H,3-4H2,1-2H3,(H,22,23). The highest BCUT2D eigenvalue weighted by atomic mass is 35.5. The molecule has 0 aliphatic heterocycles. The minimum absolute atomic E-state index is 0.279. The van der Waals surface area contributed by atoms with E-state index in [4.69, 9.17) is 21.1 Å². The van der Waals surface area contributed by atoms with Gasteiger partial charge in [-0.3, -0.25) is 4.98 Å². The summed E-state index contributed by atoms with van der Waals surface area (Å²) < 4.78 is 10.8. The zero-order valence-corrected chi connectivity index (χ0v) is 15.3. The maximum atomic E-state index is 12.4. The van der Waals surface area contributed by atoms with E-state index < -0.39 is 5.97 Å². The first-order valence-electron chi connectivity index (χ1n) is 8.38. The molecule has 0 unspecified atom stereocenters. The van der Waals surface area contributed by atoms with Crippen LogP contribution in [0.2, 0.25) is 5.02 Å². The lowest BCUT2D eigenvalue weighted by Crippen LogP contribution is -2.09. The van der Waals surface area contributed by atoms with E-state index in [9.17, 15) is 4.79 Å². The summed E-state index contributed by atoms with van der Waals surface area (Å²) in [4.78, 5) is 16.8. The van der Waals surface area contributed by atoms with Gasteiger partial charge in [-0.2, -0.15) is 0 Å². The van der Waals surface area contributed by atoms with E-state index in [2.05, 4.69) is 10.3 Å². The summed E-state index contributed by atoms with van der Waals surface area (Å²) in [6, 6.07) is 12.9. The molecule has 1 N–H and O–H groups in total. The Balaban J connectivity index is 2.19. The summed E-state index contributed by atoms with van der Waals surface area (Å²) in [5.41, 5.74) is 2.35. The lowest BCUT2D eigenvalue weighted by Gasteiger charge is -2.15. The van der Waals surface area contributed by atoms with Gasteiger partial charge in [-0.1, -0.05) is 23.7 Å². The van der Waals surface area contributed by atoms with Crippen molar-refractivity contribution in [3.05, 3.63) is 59.2 Å². The molecule has 0 radical (unpaired) electrons. The molecule has 3 rings (SSSR count). The summed E-state index contributed by atoms with van der Waals surface area (Å²) in [6.45, 7) is 4.51. The van der Waals surface area contributed by atoms with Crippen LogP contribution in [0.1, 0.15) is 24.2 Å². The van der Waals surface area contributed by atoms with Crippen molar-refractivity contribution < 1.29 is 14.3 Å². The molecular formula is C20H19ClN2O3. The van der Waals surface area contributed by atoms with Crippen LogP contribution in [0.25, 0.3) is 10.9 Å². The first-order valence-corrected chi connectivity index (χ1v) is 8.76. The second-order valence-electron chi connectivity index (χ2n) is 5.48. The van der Waals surface area contributed by atoms with Crippen molar-refractivity contribution in [3.8, 4) is 5.75 Å². The van der Waals surface area contributed by atoms with E-state index in [1.165, 1.54) is 6.20 Å². The Morgan fingerprint density at radius 3 is 2.69 bits per heavy atom. The lowest BCUT2D eigenvalue weighted by atomic mass is 10.1. The van der Waals surface area contributed by atoms with E-state index in [-0.39, 0.29) is 6.61 Å². The summed E-state index contributed by atoms with van der Waals surface area (Å²) in [7, 11) is 0. The van der Waals surface area contributed by atoms with Crippen molar-refractivity contribution in [1.82, 2.24) is 4.98 Å². The van der Waals surface area contributed by atoms with Gasteiger partial charge in [-0.25, -0.2) is 4.79 Å². The van der Waals surface area contributed by atoms with E-state index >= 15 is 0 Å². The fourth-order valence-electron chi connectivity index (χ4n) is 2.62. The van der Waals surface area contributed by atoms with Crippen LogP contribution in [0.5, 0.6) is 5.75 Å². The molecule has 0 bridgehead atoms. The number of hydrogen-bond acceptors (Lipinski definition) is 5. The van der Waals surface area contributed by atoms with Crippen LogP contribution in [0, 0.1) is 0 Å². The highest BCUT2D eigenvalue weighted by Gasteiger charge is 2.18. The molecule has 0 aliphatic carbocycles. The third-order valence-electron chi connectivity index (χ3n) is 3.78. The molecule has 3 aromatic rings.